The maximum absolute atomic E-state index is 5.33. The zero-order chi connectivity index (χ0) is 7.40. The van der Waals surface area contributed by atoms with E-state index in [-0.39, 0.29) is 0 Å². The van der Waals surface area contributed by atoms with Gasteiger partial charge in [-0.05, 0) is 10.4 Å². The van der Waals surface area contributed by atoms with Crippen LogP contribution in [0.5, 0.6) is 0 Å². The third-order valence-corrected chi connectivity index (χ3v) is 1.26. The standard InChI is InChI=1S/C5H11N5/c1-2-5-7-8-9-10(5)4-3-6/h2-4,6H2,1H3. The third-order valence-electron chi connectivity index (χ3n) is 1.26. The molecule has 2 N–H and O–H groups in total. The molecule has 0 unspecified atom stereocenters. The molecule has 5 nitrogen and oxygen atoms in total. The summed E-state index contributed by atoms with van der Waals surface area (Å²) in [5.41, 5.74) is 5.33. The van der Waals surface area contributed by atoms with Crippen LogP contribution < -0.4 is 5.73 Å². The van der Waals surface area contributed by atoms with Gasteiger partial charge < -0.3 is 5.73 Å². The zero-order valence-corrected chi connectivity index (χ0v) is 5.99. The fourth-order valence-corrected chi connectivity index (χ4v) is 0.772. The quantitative estimate of drug-likeness (QED) is 0.598. The SMILES string of the molecule is CCc1nnnn1CCN. The molecule has 0 aliphatic carbocycles. The summed E-state index contributed by atoms with van der Waals surface area (Å²) in [4.78, 5) is 0. The number of rotatable bonds is 3. The normalized spacial score (nSPS) is 10.2. The Kier molecular flexibility index (Phi) is 2.33. The van der Waals surface area contributed by atoms with Gasteiger partial charge in [-0.2, -0.15) is 0 Å². The first kappa shape index (κ1) is 7.14. The molecule has 0 radical (unpaired) electrons. The van der Waals surface area contributed by atoms with Crippen molar-refractivity contribution in [3.05, 3.63) is 5.82 Å². The van der Waals surface area contributed by atoms with Crippen LogP contribution in [0.3, 0.4) is 0 Å². The fourth-order valence-electron chi connectivity index (χ4n) is 0.772. The molecular weight excluding hydrogens is 130 g/mol. The molecule has 1 heterocycles. The lowest BCUT2D eigenvalue weighted by molar-refractivity contribution is 0.575. The van der Waals surface area contributed by atoms with E-state index in [1.807, 2.05) is 6.92 Å². The topological polar surface area (TPSA) is 69.6 Å². The minimum Gasteiger partial charge on any atom is -0.329 e. The van der Waals surface area contributed by atoms with Gasteiger partial charge in [-0.15, -0.1) is 5.10 Å². The number of tetrazole rings is 1. The molecule has 1 aromatic rings. The van der Waals surface area contributed by atoms with Crippen LogP contribution in [-0.4, -0.2) is 26.8 Å². The fraction of sp³-hybridized carbons (Fsp3) is 0.800. The Morgan fingerprint density at radius 1 is 1.60 bits per heavy atom. The third kappa shape index (κ3) is 1.30. The minimum atomic E-state index is 0.581. The Labute approximate surface area is 59.2 Å². The number of aromatic nitrogens is 4. The maximum Gasteiger partial charge on any atom is 0.151 e. The smallest absolute Gasteiger partial charge is 0.151 e. The van der Waals surface area contributed by atoms with Crippen molar-refractivity contribution in [3.63, 3.8) is 0 Å². The second-order valence-corrected chi connectivity index (χ2v) is 1.96. The van der Waals surface area contributed by atoms with Gasteiger partial charge in [0.2, 0.25) is 0 Å². The number of nitrogens with two attached hydrogens (primary N) is 1. The second kappa shape index (κ2) is 3.26. The van der Waals surface area contributed by atoms with E-state index < -0.39 is 0 Å². The van der Waals surface area contributed by atoms with E-state index in [9.17, 15) is 0 Å². The van der Waals surface area contributed by atoms with Crippen LogP contribution in [0, 0.1) is 0 Å². The molecule has 0 aliphatic rings. The van der Waals surface area contributed by atoms with Crippen LogP contribution in [0.15, 0.2) is 0 Å². The van der Waals surface area contributed by atoms with Gasteiger partial charge in [-0.3, -0.25) is 0 Å². The first-order valence-corrected chi connectivity index (χ1v) is 3.33. The number of nitrogens with zero attached hydrogens (tertiary/aromatic N) is 4. The van der Waals surface area contributed by atoms with E-state index in [4.69, 9.17) is 5.73 Å². The van der Waals surface area contributed by atoms with Crippen LogP contribution in [0.2, 0.25) is 0 Å². The molecule has 0 fully saturated rings. The molecule has 0 spiro atoms. The van der Waals surface area contributed by atoms with E-state index in [2.05, 4.69) is 15.5 Å². The molecule has 0 aliphatic heterocycles. The number of hydrogen-bond donors (Lipinski definition) is 1. The van der Waals surface area contributed by atoms with Crippen LogP contribution in [0.1, 0.15) is 12.7 Å². The molecule has 1 aromatic heterocycles. The van der Waals surface area contributed by atoms with Crippen molar-refractivity contribution in [2.75, 3.05) is 6.54 Å². The van der Waals surface area contributed by atoms with Crippen molar-refractivity contribution in [3.8, 4) is 0 Å². The summed E-state index contributed by atoms with van der Waals surface area (Å²) < 4.78 is 1.72. The Hall–Kier alpha value is -0.970. The lowest BCUT2D eigenvalue weighted by Gasteiger charge is -1.97. The average Bonchev–Trinajstić information content (AvgIpc) is 2.36. The van der Waals surface area contributed by atoms with Gasteiger partial charge in [-0.1, -0.05) is 6.92 Å². The van der Waals surface area contributed by atoms with E-state index in [1.165, 1.54) is 0 Å². The Bertz CT molecular complexity index is 194. The summed E-state index contributed by atoms with van der Waals surface area (Å²) in [7, 11) is 0. The van der Waals surface area contributed by atoms with E-state index in [0.717, 1.165) is 12.2 Å². The zero-order valence-electron chi connectivity index (χ0n) is 5.99. The predicted octanol–water partition coefficient (Wildman–Crippen LogP) is -0.806. The van der Waals surface area contributed by atoms with Crippen molar-refractivity contribution in [2.45, 2.75) is 19.9 Å². The lowest BCUT2D eigenvalue weighted by Crippen LogP contribution is -2.13. The molecule has 0 aromatic carbocycles. The molecule has 0 saturated carbocycles. The van der Waals surface area contributed by atoms with Gasteiger partial charge in [0, 0.05) is 13.0 Å². The molecule has 1 rings (SSSR count). The highest BCUT2D eigenvalue weighted by Gasteiger charge is 1.99. The van der Waals surface area contributed by atoms with Crippen molar-refractivity contribution < 1.29 is 0 Å². The summed E-state index contributed by atoms with van der Waals surface area (Å²) >= 11 is 0. The maximum atomic E-state index is 5.33. The number of aryl methyl sites for hydroxylation is 1. The van der Waals surface area contributed by atoms with Crippen LogP contribution in [0.25, 0.3) is 0 Å². The average molecular weight is 141 g/mol. The largest absolute Gasteiger partial charge is 0.329 e. The minimum absolute atomic E-state index is 0.581. The summed E-state index contributed by atoms with van der Waals surface area (Å²) in [6.07, 6.45) is 0.854. The van der Waals surface area contributed by atoms with Gasteiger partial charge in [0.1, 0.15) is 0 Å². The summed E-state index contributed by atoms with van der Waals surface area (Å²) in [6, 6.07) is 0. The van der Waals surface area contributed by atoms with Crippen LogP contribution in [-0.2, 0) is 13.0 Å². The predicted molar refractivity (Wildman–Crippen MR) is 36.2 cm³/mol. The molecule has 0 saturated heterocycles. The first-order chi connectivity index (χ1) is 4.88. The molecule has 56 valence electrons. The monoisotopic (exact) mass is 141 g/mol. The van der Waals surface area contributed by atoms with Crippen LogP contribution in [0.4, 0.5) is 0 Å². The highest BCUT2D eigenvalue weighted by molar-refractivity contribution is 4.78. The highest BCUT2D eigenvalue weighted by atomic mass is 15.5. The summed E-state index contributed by atoms with van der Waals surface area (Å²) in [5, 5.41) is 11.1. The molecule has 10 heavy (non-hydrogen) atoms. The van der Waals surface area contributed by atoms with Gasteiger partial charge in [0.15, 0.2) is 5.82 Å². The van der Waals surface area contributed by atoms with Gasteiger partial charge in [-0.25, -0.2) is 4.68 Å². The first-order valence-electron chi connectivity index (χ1n) is 3.33. The molecule has 0 amide bonds. The molecule has 0 bridgehead atoms. The van der Waals surface area contributed by atoms with Gasteiger partial charge >= 0.3 is 0 Å². The number of hydrogen-bond acceptors (Lipinski definition) is 4. The molecule has 0 atom stereocenters. The van der Waals surface area contributed by atoms with Crippen molar-refractivity contribution in [2.24, 2.45) is 5.73 Å². The Morgan fingerprint density at radius 3 is 3.00 bits per heavy atom. The summed E-state index contributed by atoms with van der Waals surface area (Å²) in [6.45, 7) is 3.30. The molecule has 5 heteroatoms. The van der Waals surface area contributed by atoms with E-state index in [0.29, 0.717) is 13.1 Å². The van der Waals surface area contributed by atoms with Gasteiger partial charge in [0.05, 0.1) is 6.54 Å². The lowest BCUT2D eigenvalue weighted by atomic mass is 10.4. The van der Waals surface area contributed by atoms with Crippen molar-refractivity contribution >= 4 is 0 Å². The van der Waals surface area contributed by atoms with Gasteiger partial charge in [0.25, 0.3) is 0 Å². The van der Waals surface area contributed by atoms with Crippen molar-refractivity contribution in [1.29, 1.82) is 0 Å². The van der Waals surface area contributed by atoms with E-state index >= 15 is 0 Å². The summed E-state index contributed by atoms with van der Waals surface area (Å²) in [5.74, 6) is 0.894. The van der Waals surface area contributed by atoms with Crippen LogP contribution >= 0.6 is 0 Å². The second-order valence-electron chi connectivity index (χ2n) is 1.96. The Balaban J connectivity index is 2.70. The molecular formula is C5H11N5. The Morgan fingerprint density at radius 2 is 2.40 bits per heavy atom. The highest BCUT2D eigenvalue weighted by Crippen LogP contribution is 1.90. The van der Waals surface area contributed by atoms with E-state index in [1.54, 1.807) is 4.68 Å². The van der Waals surface area contributed by atoms with Crippen molar-refractivity contribution in [1.82, 2.24) is 20.2 Å².